The molecule has 0 unspecified atom stereocenters. The predicted molar refractivity (Wildman–Crippen MR) is 73.9 cm³/mol. The minimum absolute atomic E-state index is 0.263. The smallest absolute Gasteiger partial charge is 0.129 e. The van der Waals surface area contributed by atoms with E-state index in [1.165, 1.54) is 0 Å². The van der Waals surface area contributed by atoms with E-state index >= 15 is 0 Å². The number of fused-ring (bicyclic) bond motifs is 1. The van der Waals surface area contributed by atoms with Crippen LogP contribution in [0.25, 0.3) is 11.0 Å². The van der Waals surface area contributed by atoms with Crippen LogP contribution in [0.15, 0.2) is 42.7 Å². The molecular formula is C14H14N4O. The van der Waals surface area contributed by atoms with Gasteiger partial charge < -0.3 is 15.0 Å². The molecule has 0 saturated heterocycles. The second kappa shape index (κ2) is 4.61. The maximum absolute atomic E-state index is 9.23. The van der Waals surface area contributed by atoms with E-state index in [1.807, 2.05) is 36.0 Å². The first-order valence-electron chi connectivity index (χ1n) is 6.02. The molecule has 5 nitrogen and oxygen atoms in total. The number of pyridine rings is 1. The Morgan fingerprint density at radius 3 is 2.74 bits per heavy atom. The number of rotatable bonds is 3. The Morgan fingerprint density at radius 1 is 1.21 bits per heavy atom. The molecule has 0 fully saturated rings. The summed E-state index contributed by atoms with van der Waals surface area (Å²) in [6, 6.07) is 8.88. The summed E-state index contributed by atoms with van der Waals surface area (Å²) in [5.41, 5.74) is 2.91. The Morgan fingerprint density at radius 2 is 2.00 bits per heavy atom. The number of phenols is 1. The maximum Gasteiger partial charge on any atom is 0.129 e. The maximum atomic E-state index is 9.23. The number of benzene rings is 1. The minimum atomic E-state index is 0.263. The number of anilines is 1. The van der Waals surface area contributed by atoms with Crippen molar-refractivity contribution in [3.63, 3.8) is 0 Å². The second-order valence-electron chi connectivity index (χ2n) is 4.35. The Labute approximate surface area is 110 Å². The van der Waals surface area contributed by atoms with Crippen molar-refractivity contribution in [3.8, 4) is 5.75 Å². The molecule has 19 heavy (non-hydrogen) atoms. The molecule has 0 atom stereocenters. The van der Waals surface area contributed by atoms with Crippen LogP contribution in [0.5, 0.6) is 5.75 Å². The summed E-state index contributed by atoms with van der Waals surface area (Å²) in [6.45, 7) is 0.621. The third kappa shape index (κ3) is 2.22. The van der Waals surface area contributed by atoms with Crippen molar-refractivity contribution in [2.75, 3.05) is 5.32 Å². The molecule has 0 aliphatic carbocycles. The summed E-state index contributed by atoms with van der Waals surface area (Å²) in [4.78, 5) is 8.66. The van der Waals surface area contributed by atoms with Gasteiger partial charge in [-0.05, 0) is 30.3 Å². The van der Waals surface area contributed by atoms with Crippen LogP contribution in [0.4, 0.5) is 5.69 Å². The highest BCUT2D eigenvalue weighted by molar-refractivity contribution is 5.74. The van der Waals surface area contributed by atoms with E-state index in [0.717, 1.165) is 22.5 Å². The molecule has 2 heterocycles. The van der Waals surface area contributed by atoms with Crippen molar-refractivity contribution < 1.29 is 5.11 Å². The lowest BCUT2D eigenvalue weighted by atomic mass is 10.3. The lowest BCUT2D eigenvalue weighted by Gasteiger charge is -2.06. The summed E-state index contributed by atoms with van der Waals surface area (Å²) < 4.78 is 2.02. The number of aromatic hydroxyl groups is 1. The fourth-order valence-electron chi connectivity index (χ4n) is 2.00. The molecule has 3 aromatic rings. The lowest BCUT2D eigenvalue weighted by molar-refractivity contribution is 0.475. The number of aromatic nitrogens is 3. The first-order valence-corrected chi connectivity index (χ1v) is 6.02. The summed E-state index contributed by atoms with van der Waals surface area (Å²) in [6.07, 6.45) is 3.55. The monoisotopic (exact) mass is 254 g/mol. The van der Waals surface area contributed by atoms with Gasteiger partial charge in [0.15, 0.2) is 0 Å². The van der Waals surface area contributed by atoms with Gasteiger partial charge in [0.05, 0.1) is 23.8 Å². The Hall–Kier alpha value is -2.56. The third-order valence-corrected chi connectivity index (χ3v) is 3.09. The number of nitrogens with one attached hydrogen (secondary N) is 1. The van der Waals surface area contributed by atoms with Crippen molar-refractivity contribution in [2.24, 2.45) is 7.05 Å². The fraction of sp³-hybridized carbons (Fsp3) is 0.143. The number of hydrogen-bond donors (Lipinski definition) is 2. The van der Waals surface area contributed by atoms with Gasteiger partial charge in [-0.2, -0.15) is 0 Å². The first-order chi connectivity index (χ1) is 9.24. The highest BCUT2D eigenvalue weighted by atomic mass is 16.3. The van der Waals surface area contributed by atoms with Crippen molar-refractivity contribution in [1.82, 2.24) is 14.5 Å². The van der Waals surface area contributed by atoms with Crippen LogP contribution in [0.3, 0.4) is 0 Å². The normalized spacial score (nSPS) is 10.8. The molecular weight excluding hydrogens is 240 g/mol. The lowest BCUT2D eigenvalue weighted by Crippen LogP contribution is -2.05. The molecule has 2 aromatic heterocycles. The van der Waals surface area contributed by atoms with Gasteiger partial charge in [-0.3, -0.25) is 4.98 Å². The molecule has 96 valence electrons. The van der Waals surface area contributed by atoms with Crippen LogP contribution in [-0.2, 0) is 13.6 Å². The van der Waals surface area contributed by atoms with E-state index in [1.54, 1.807) is 18.3 Å². The first kappa shape index (κ1) is 11.5. The van der Waals surface area contributed by atoms with Crippen molar-refractivity contribution in [2.45, 2.75) is 6.54 Å². The van der Waals surface area contributed by atoms with E-state index in [2.05, 4.69) is 15.3 Å². The Bertz CT molecular complexity index is 703. The van der Waals surface area contributed by atoms with Crippen LogP contribution >= 0.6 is 0 Å². The Balaban J connectivity index is 1.82. The molecule has 0 radical (unpaired) electrons. The van der Waals surface area contributed by atoms with Crippen LogP contribution < -0.4 is 5.32 Å². The second-order valence-corrected chi connectivity index (χ2v) is 4.35. The molecule has 5 heteroatoms. The average Bonchev–Trinajstić information content (AvgIpc) is 2.76. The number of imidazole rings is 1. The summed E-state index contributed by atoms with van der Waals surface area (Å²) in [5, 5.41) is 12.5. The SMILES string of the molecule is Cn1c(CNc2ccc(O)cc2)nc2ccncc21. The zero-order valence-corrected chi connectivity index (χ0v) is 10.5. The molecule has 0 spiro atoms. The number of hydrogen-bond acceptors (Lipinski definition) is 4. The third-order valence-electron chi connectivity index (χ3n) is 3.09. The van der Waals surface area contributed by atoms with Gasteiger partial charge in [0.2, 0.25) is 0 Å². The molecule has 0 aliphatic heterocycles. The number of phenolic OH excluding ortho intramolecular Hbond substituents is 1. The van der Waals surface area contributed by atoms with Crippen molar-refractivity contribution in [3.05, 3.63) is 48.5 Å². The molecule has 0 bridgehead atoms. The van der Waals surface area contributed by atoms with Crippen LogP contribution in [0, 0.1) is 0 Å². The largest absolute Gasteiger partial charge is 0.508 e. The topological polar surface area (TPSA) is 63.0 Å². The minimum Gasteiger partial charge on any atom is -0.508 e. The van der Waals surface area contributed by atoms with Gasteiger partial charge in [-0.1, -0.05) is 0 Å². The molecule has 0 aliphatic rings. The van der Waals surface area contributed by atoms with E-state index in [-0.39, 0.29) is 5.75 Å². The standard InChI is InChI=1S/C14H14N4O/c1-18-13-8-15-7-6-12(13)17-14(18)9-16-10-2-4-11(19)5-3-10/h2-8,16,19H,9H2,1H3. The fourth-order valence-corrected chi connectivity index (χ4v) is 2.00. The van der Waals surface area contributed by atoms with Gasteiger partial charge >= 0.3 is 0 Å². The van der Waals surface area contributed by atoms with Gasteiger partial charge in [0.1, 0.15) is 11.6 Å². The molecule has 0 amide bonds. The quantitative estimate of drug-likeness (QED) is 0.704. The summed E-state index contributed by atoms with van der Waals surface area (Å²) >= 11 is 0. The van der Waals surface area contributed by atoms with Gasteiger partial charge in [0, 0.05) is 18.9 Å². The molecule has 2 N–H and O–H groups in total. The highest BCUT2D eigenvalue weighted by Gasteiger charge is 2.06. The number of nitrogens with zero attached hydrogens (tertiary/aromatic N) is 3. The van der Waals surface area contributed by atoms with Crippen molar-refractivity contribution in [1.29, 1.82) is 0 Å². The van der Waals surface area contributed by atoms with E-state index in [4.69, 9.17) is 0 Å². The van der Waals surface area contributed by atoms with E-state index in [9.17, 15) is 5.11 Å². The van der Waals surface area contributed by atoms with Crippen LogP contribution in [-0.4, -0.2) is 19.6 Å². The zero-order valence-electron chi connectivity index (χ0n) is 10.5. The van der Waals surface area contributed by atoms with Crippen LogP contribution in [0.2, 0.25) is 0 Å². The van der Waals surface area contributed by atoms with Gasteiger partial charge in [0.25, 0.3) is 0 Å². The summed E-state index contributed by atoms with van der Waals surface area (Å²) in [7, 11) is 1.98. The van der Waals surface area contributed by atoms with Crippen molar-refractivity contribution >= 4 is 16.7 Å². The van der Waals surface area contributed by atoms with E-state index < -0.39 is 0 Å². The Kier molecular flexibility index (Phi) is 2.79. The molecule has 3 rings (SSSR count). The van der Waals surface area contributed by atoms with Gasteiger partial charge in [-0.15, -0.1) is 0 Å². The molecule has 1 aromatic carbocycles. The van der Waals surface area contributed by atoms with E-state index in [0.29, 0.717) is 6.54 Å². The van der Waals surface area contributed by atoms with Crippen LogP contribution in [0.1, 0.15) is 5.82 Å². The number of aryl methyl sites for hydroxylation is 1. The molecule has 0 saturated carbocycles. The summed E-state index contributed by atoms with van der Waals surface area (Å²) in [5.74, 6) is 1.20. The zero-order chi connectivity index (χ0) is 13.2. The van der Waals surface area contributed by atoms with Gasteiger partial charge in [-0.25, -0.2) is 4.98 Å². The predicted octanol–water partition coefficient (Wildman–Crippen LogP) is 2.29. The highest BCUT2D eigenvalue weighted by Crippen LogP contribution is 2.16. The average molecular weight is 254 g/mol.